The van der Waals surface area contributed by atoms with Crippen molar-refractivity contribution in [3.63, 3.8) is 0 Å². The van der Waals surface area contributed by atoms with Crippen LogP contribution < -0.4 is 5.32 Å². The van der Waals surface area contributed by atoms with Crippen LogP contribution in [0.15, 0.2) is 18.2 Å². The monoisotopic (exact) mass is 362 g/mol. The van der Waals surface area contributed by atoms with Crippen molar-refractivity contribution in [3.05, 3.63) is 35.0 Å². The lowest BCUT2D eigenvalue weighted by Gasteiger charge is -2.30. The number of nitrogens with zero attached hydrogens (tertiary/aromatic N) is 1. The third-order valence-electron chi connectivity index (χ3n) is 5.55. The zero-order valence-electron chi connectivity index (χ0n) is 15.4. The standard InChI is InChI=1S/C20H30N2O4/c1-14-6-7-19-17(8-14)16-4-2-3-5-18(16)22(19)10-15(26)9-21-20(11-23,12-24)13-25/h6-8,15,21,23-26H,2-5,9-13H2,1H3/t15-/m1/s1. The van der Waals surface area contributed by atoms with Gasteiger partial charge in [0.2, 0.25) is 0 Å². The molecule has 0 aliphatic heterocycles. The fraction of sp³-hybridized carbons (Fsp3) is 0.600. The molecule has 1 aromatic carbocycles. The molecule has 26 heavy (non-hydrogen) atoms. The Morgan fingerprint density at radius 1 is 1.12 bits per heavy atom. The Labute approximate surface area is 154 Å². The summed E-state index contributed by atoms with van der Waals surface area (Å²) in [5.41, 5.74) is 3.94. The molecule has 0 unspecified atom stereocenters. The zero-order chi connectivity index (χ0) is 18.7. The third-order valence-corrected chi connectivity index (χ3v) is 5.55. The molecule has 0 radical (unpaired) electrons. The quantitative estimate of drug-likeness (QED) is 0.471. The highest BCUT2D eigenvalue weighted by molar-refractivity contribution is 5.86. The van der Waals surface area contributed by atoms with Crippen LogP contribution in [0.3, 0.4) is 0 Å². The van der Waals surface area contributed by atoms with Gasteiger partial charge in [0.1, 0.15) is 0 Å². The van der Waals surface area contributed by atoms with Gasteiger partial charge in [0.15, 0.2) is 0 Å². The first kappa shape index (κ1) is 19.3. The summed E-state index contributed by atoms with van der Waals surface area (Å²) in [5.74, 6) is 0. The number of hydrogen-bond acceptors (Lipinski definition) is 5. The van der Waals surface area contributed by atoms with E-state index in [1.807, 2.05) is 0 Å². The zero-order valence-corrected chi connectivity index (χ0v) is 15.4. The summed E-state index contributed by atoms with van der Waals surface area (Å²) in [7, 11) is 0. The predicted molar refractivity (Wildman–Crippen MR) is 101 cm³/mol. The minimum Gasteiger partial charge on any atom is -0.394 e. The summed E-state index contributed by atoms with van der Waals surface area (Å²) in [6, 6.07) is 6.46. The van der Waals surface area contributed by atoms with Crippen molar-refractivity contribution in [2.75, 3.05) is 26.4 Å². The molecule has 3 rings (SSSR count). The van der Waals surface area contributed by atoms with Crippen LogP contribution in [0.25, 0.3) is 10.9 Å². The van der Waals surface area contributed by atoms with E-state index in [1.165, 1.54) is 35.0 Å². The molecule has 1 aromatic heterocycles. The van der Waals surface area contributed by atoms with Crippen molar-refractivity contribution >= 4 is 10.9 Å². The molecule has 0 saturated carbocycles. The van der Waals surface area contributed by atoms with Crippen molar-refractivity contribution < 1.29 is 20.4 Å². The molecule has 1 aliphatic rings. The molecule has 1 aliphatic carbocycles. The second-order valence-corrected chi connectivity index (χ2v) is 7.55. The van der Waals surface area contributed by atoms with Gasteiger partial charge in [-0.25, -0.2) is 0 Å². The van der Waals surface area contributed by atoms with E-state index in [0.29, 0.717) is 6.54 Å². The Bertz CT molecular complexity index is 744. The van der Waals surface area contributed by atoms with Crippen LogP contribution in [-0.2, 0) is 19.4 Å². The molecule has 0 saturated heterocycles. The topological polar surface area (TPSA) is 97.9 Å². The lowest BCUT2D eigenvalue weighted by atomic mass is 9.95. The van der Waals surface area contributed by atoms with Gasteiger partial charge in [-0.1, -0.05) is 11.6 Å². The van der Waals surface area contributed by atoms with Crippen molar-refractivity contribution in [2.24, 2.45) is 0 Å². The van der Waals surface area contributed by atoms with E-state index in [1.54, 1.807) is 0 Å². The molecule has 1 atom stereocenters. The first-order valence-electron chi connectivity index (χ1n) is 9.40. The van der Waals surface area contributed by atoms with Gasteiger partial charge in [-0.05, 0) is 50.3 Å². The van der Waals surface area contributed by atoms with Gasteiger partial charge in [0.25, 0.3) is 0 Å². The Morgan fingerprint density at radius 2 is 1.81 bits per heavy atom. The van der Waals surface area contributed by atoms with E-state index < -0.39 is 31.5 Å². The van der Waals surface area contributed by atoms with Crippen LogP contribution >= 0.6 is 0 Å². The first-order valence-corrected chi connectivity index (χ1v) is 9.40. The second kappa shape index (κ2) is 8.06. The van der Waals surface area contributed by atoms with Crippen molar-refractivity contribution in [2.45, 2.75) is 50.8 Å². The number of aliphatic hydroxyl groups is 4. The van der Waals surface area contributed by atoms with Gasteiger partial charge < -0.3 is 30.3 Å². The van der Waals surface area contributed by atoms with E-state index in [4.69, 9.17) is 0 Å². The SMILES string of the molecule is Cc1ccc2c(c1)c1c(n2C[C@H](O)CNC(CO)(CO)CO)CCCC1. The largest absolute Gasteiger partial charge is 0.394 e. The maximum atomic E-state index is 10.6. The second-order valence-electron chi connectivity index (χ2n) is 7.55. The average molecular weight is 362 g/mol. The summed E-state index contributed by atoms with van der Waals surface area (Å²) in [4.78, 5) is 0. The van der Waals surface area contributed by atoms with Gasteiger partial charge in [-0.2, -0.15) is 0 Å². The summed E-state index contributed by atoms with van der Waals surface area (Å²) < 4.78 is 2.22. The van der Waals surface area contributed by atoms with Crippen molar-refractivity contribution in [3.8, 4) is 0 Å². The number of nitrogens with one attached hydrogen (secondary N) is 1. The molecule has 6 heteroatoms. The number of rotatable bonds is 8. The molecule has 6 nitrogen and oxygen atoms in total. The highest BCUT2D eigenvalue weighted by Gasteiger charge is 2.28. The molecule has 1 heterocycles. The van der Waals surface area contributed by atoms with Crippen LogP contribution in [-0.4, -0.2) is 63.0 Å². The van der Waals surface area contributed by atoms with Gasteiger partial charge in [-0.3, -0.25) is 0 Å². The predicted octanol–water partition coefficient (Wildman–Crippen LogP) is 0.495. The van der Waals surface area contributed by atoms with Crippen molar-refractivity contribution in [1.29, 1.82) is 0 Å². The minimum atomic E-state index is -1.17. The molecule has 0 amide bonds. The molecule has 5 N–H and O–H groups in total. The summed E-state index contributed by atoms with van der Waals surface area (Å²) in [6.45, 7) is 1.54. The fourth-order valence-electron chi connectivity index (χ4n) is 3.89. The molecular weight excluding hydrogens is 332 g/mol. The molecular formula is C20H30N2O4. The van der Waals surface area contributed by atoms with Crippen LogP contribution in [0.4, 0.5) is 0 Å². The lowest BCUT2D eigenvalue weighted by molar-refractivity contribution is 0.0306. The fourth-order valence-corrected chi connectivity index (χ4v) is 3.89. The maximum Gasteiger partial charge on any atom is 0.0882 e. The number of hydrogen-bond donors (Lipinski definition) is 5. The number of fused-ring (bicyclic) bond motifs is 3. The average Bonchev–Trinajstić information content (AvgIpc) is 2.97. The smallest absolute Gasteiger partial charge is 0.0882 e. The van der Waals surface area contributed by atoms with Crippen LogP contribution in [0.2, 0.25) is 0 Å². The number of aliphatic hydroxyl groups excluding tert-OH is 4. The molecule has 0 spiro atoms. The van der Waals surface area contributed by atoms with E-state index in [0.717, 1.165) is 18.4 Å². The number of β-amino-alcohol motifs (C(OH)–C–C–N with tert-alkyl or cyclic N) is 1. The third kappa shape index (κ3) is 3.66. The Kier molecular flexibility index (Phi) is 5.99. The van der Waals surface area contributed by atoms with Gasteiger partial charge in [0.05, 0.1) is 38.0 Å². The van der Waals surface area contributed by atoms with E-state index >= 15 is 0 Å². The van der Waals surface area contributed by atoms with Crippen LogP contribution in [0, 0.1) is 6.92 Å². The van der Waals surface area contributed by atoms with E-state index in [9.17, 15) is 20.4 Å². The molecule has 2 aromatic rings. The highest BCUT2D eigenvalue weighted by Crippen LogP contribution is 2.33. The van der Waals surface area contributed by atoms with E-state index in [-0.39, 0.29) is 6.54 Å². The van der Waals surface area contributed by atoms with Gasteiger partial charge in [0, 0.05) is 23.1 Å². The number of aromatic nitrogens is 1. The molecule has 0 bridgehead atoms. The van der Waals surface area contributed by atoms with Gasteiger partial charge in [-0.15, -0.1) is 0 Å². The maximum absolute atomic E-state index is 10.6. The Morgan fingerprint density at radius 3 is 2.50 bits per heavy atom. The summed E-state index contributed by atoms with van der Waals surface area (Å²) in [5, 5.41) is 43.0. The van der Waals surface area contributed by atoms with Crippen molar-refractivity contribution in [1.82, 2.24) is 9.88 Å². The minimum absolute atomic E-state index is 0.183. The Balaban J connectivity index is 1.82. The molecule has 144 valence electrons. The van der Waals surface area contributed by atoms with Crippen LogP contribution in [0.1, 0.15) is 29.7 Å². The normalized spacial score (nSPS) is 16.0. The Hall–Kier alpha value is -1.44. The lowest BCUT2D eigenvalue weighted by Crippen LogP contribution is -2.56. The van der Waals surface area contributed by atoms with E-state index in [2.05, 4.69) is 35.0 Å². The highest BCUT2D eigenvalue weighted by atomic mass is 16.3. The van der Waals surface area contributed by atoms with Crippen LogP contribution in [0.5, 0.6) is 0 Å². The molecule has 0 fully saturated rings. The number of aryl methyl sites for hydroxylation is 2. The first-order chi connectivity index (χ1) is 12.5. The van der Waals surface area contributed by atoms with Gasteiger partial charge >= 0.3 is 0 Å². The summed E-state index contributed by atoms with van der Waals surface area (Å²) >= 11 is 0. The summed E-state index contributed by atoms with van der Waals surface area (Å²) in [6.07, 6.45) is 3.79. The number of benzene rings is 1.